The van der Waals surface area contributed by atoms with Crippen LogP contribution in [-0.2, 0) is 17.8 Å². The molecule has 0 radical (unpaired) electrons. The minimum atomic E-state index is -0.701. The van der Waals surface area contributed by atoms with Crippen LogP contribution in [-0.4, -0.2) is 70.4 Å². The largest absolute Gasteiger partial charge is 0.497 e. The fourth-order valence-corrected chi connectivity index (χ4v) is 5.26. The van der Waals surface area contributed by atoms with E-state index in [0.29, 0.717) is 31.8 Å². The number of rotatable bonds is 10. The molecule has 0 atom stereocenters. The molecule has 7 nitrogen and oxygen atoms in total. The van der Waals surface area contributed by atoms with Gasteiger partial charge in [-0.05, 0) is 73.4 Å². The third kappa shape index (κ3) is 5.67. The Morgan fingerprint density at radius 3 is 2.46 bits per heavy atom. The number of piperidine rings is 1. The number of benzene rings is 1. The zero-order chi connectivity index (χ0) is 24.8. The summed E-state index contributed by atoms with van der Waals surface area (Å²) in [5, 5.41) is 0. The van der Waals surface area contributed by atoms with Gasteiger partial charge in [-0.3, -0.25) is 19.6 Å². The Balaban J connectivity index is 1.43. The molecular formula is C28H38N4O3. The average Bonchev–Trinajstić information content (AvgIpc) is 3.05. The van der Waals surface area contributed by atoms with Gasteiger partial charge in [0.1, 0.15) is 11.3 Å². The van der Waals surface area contributed by atoms with E-state index in [-0.39, 0.29) is 11.9 Å². The zero-order valence-electron chi connectivity index (χ0n) is 21.3. The third-order valence-electron chi connectivity index (χ3n) is 7.37. The standard InChI is InChI=1S/C28H38N4O3/c1-22(2)11-17-32-27(34)31(16-5-7-23-9-14-29-15-10-23)26(33)28(32)12-18-30(19-13-28)21-24-6-4-8-25(20-24)35-3/h4,6,8-10,14-15,20,22H,5,7,11-13,16-19,21H2,1-3H3. The lowest BCUT2D eigenvalue weighted by Crippen LogP contribution is -2.56. The first-order chi connectivity index (χ1) is 16.9. The number of pyridine rings is 1. The van der Waals surface area contributed by atoms with Crippen molar-refractivity contribution in [3.8, 4) is 5.75 Å². The summed E-state index contributed by atoms with van der Waals surface area (Å²) >= 11 is 0. The number of likely N-dealkylation sites (tertiary alicyclic amines) is 1. The fourth-order valence-electron chi connectivity index (χ4n) is 5.26. The summed E-state index contributed by atoms with van der Waals surface area (Å²) in [5.74, 6) is 1.33. The van der Waals surface area contributed by atoms with E-state index in [0.717, 1.165) is 44.6 Å². The highest BCUT2D eigenvalue weighted by Crippen LogP contribution is 2.38. The van der Waals surface area contributed by atoms with Crippen molar-refractivity contribution in [2.24, 2.45) is 5.92 Å². The summed E-state index contributed by atoms with van der Waals surface area (Å²) in [6.07, 6.45) is 7.41. The predicted molar refractivity (Wildman–Crippen MR) is 136 cm³/mol. The van der Waals surface area contributed by atoms with Gasteiger partial charge in [0.2, 0.25) is 0 Å². The molecular weight excluding hydrogens is 440 g/mol. The number of imide groups is 1. The van der Waals surface area contributed by atoms with Crippen molar-refractivity contribution in [1.82, 2.24) is 19.7 Å². The molecule has 188 valence electrons. The molecule has 3 heterocycles. The average molecular weight is 479 g/mol. The van der Waals surface area contributed by atoms with Crippen molar-refractivity contribution in [3.05, 3.63) is 59.9 Å². The molecule has 2 saturated heterocycles. The van der Waals surface area contributed by atoms with Gasteiger partial charge in [-0.25, -0.2) is 4.79 Å². The van der Waals surface area contributed by atoms with Gasteiger partial charge in [0.25, 0.3) is 5.91 Å². The van der Waals surface area contributed by atoms with Gasteiger partial charge in [0.15, 0.2) is 0 Å². The number of carbonyl (C=O) groups excluding carboxylic acids is 2. The van der Waals surface area contributed by atoms with Gasteiger partial charge in [-0.2, -0.15) is 0 Å². The van der Waals surface area contributed by atoms with E-state index < -0.39 is 5.54 Å². The summed E-state index contributed by atoms with van der Waals surface area (Å²) in [5.41, 5.74) is 1.67. The molecule has 2 fully saturated rings. The summed E-state index contributed by atoms with van der Waals surface area (Å²) in [7, 11) is 1.68. The monoisotopic (exact) mass is 478 g/mol. The van der Waals surface area contributed by atoms with Crippen LogP contribution < -0.4 is 4.74 Å². The Bertz CT molecular complexity index is 1000. The topological polar surface area (TPSA) is 66.0 Å². The van der Waals surface area contributed by atoms with Gasteiger partial charge in [-0.15, -0.1) is 0 Å². The van der Waals surface area contributed by atoms with Gasteiger partial charge >= 0.3 is 6.03 Å². The minimum Gasteiger partial charge on any atom is -0.497 e. The van der Waals surface area contributed by atoms with Gasteiger partial charge in [0, 0.05) is 45.1 Å². The van der Waals surface area contributed by atoms with Crippen LogP contribution in [0.1, 0.15) is 50.7 Å². The Hall–Kier alpha value is -2.93. The normalized spacial score (nSPS) is 18.2. The van der Waals surface area contributed by atoms with Crippen molar-refractivity contribution in [2.75, 3.05) is 33.3 Å². The van der Waals surface area contributed by atoms with Gasteiger partial charge < -0.3 is 9.64 Å². The third-order valence-corrected chi connectivity index (χ3v) is 7.37. The van der Waals surface area contributed by atoms with Crippen LogP contribution in [0.5, 0.6) is 5.75 Å². The Kier molecular flexibility index (Phi) is 8.06. The molecule has 35 heavy (non-hydrogen) atoms. The van der Waals surface area contributed by atoms with E-state index in [9.17, 15) is 9.59 Å². The second kappa shape index (κ2) is 11.2. The molecule has 0 N–H and O–H groups in total. The number of nitrogens with zero attached hydrogens (tertiary/aromatic N) is 4. The van der Waals surface area contributed by atoms with E-state index >= 15 is 0 Å². The van der Waals surface area contributed by atoms with E-state index in [4.69, 9.17) is 4.74 Å². The second-order valence-corrected chi connectivity index (χ2v) is 10.2. The lowest BCUT2D eigenvalue weighted by atomic mass is 9.85. The van der Waals surface area contributed by atoms with Crippen molar-refractivity contribution in [1.29, 1.82) is 0 Å². The first-order valence-electron chi connectivity index (χ1n) is 12.8. The second-order valence-electron chi connectivity index (χ2n) is 10.2. The number of hydrogen-bond donors (Lipinski definition) is 0. The van der Waals surface area contributed by atoms with Gasteiger partial charge in [0.05, 0.1) is 7.11 Å². The molecule has 0 saturated carbocycles. The Morgan fingerprint density at radius 2 is 1.77 bits per heavy atom. The smallest absolute Gasteiger partial charge is 0.327 e. The van der Waals surface area contributed by atoms with E-state index in [2.05, 4.69) is 35.9 Å². The van der Waals surface area contributed by atoms with Crippen LogP contribution in [0.25, 0.3) is 0 Å². The van der Waals surface area contributed by atoms with Gasteiger partial charge in [-0.1, -0.05) is 26.0 Å². The molecule has 1 aromatic carbocycles. The molecule has 2 aliphatic rings. The SMILES string of the molecule is COc1cccc(CN2CCC3(CC2)C(=O)N(CCCc2ccncc2)C(=O)N3CCC(C)C)c1. The lowest BCUT2D eigenvalue weighted by molar-refractivity contribution is -0.135. The Morgan fingerprint density at radius 1 is 1.03 bits per heavy atom. The van der Waals surface area contributed by atoms with Crippen molar-refractivity contribution in [2.45, 2.75) is 58.0 Å². The summed E-state index contributed by atoms with van der Waals surface area (Å²) < 4.78 is 5.36. The maximum Gasteiger partial charge on any atom is 0.327 e. The van der Waals surface area contributed by atoms with Crippen molar-refractivity contribution < 1.29 is 14.3 Å². The predicted octanol–water partition coefficient (Wildman–Crippen LogP) is 4.37. The lowest BCUT2D eigenvalue weighted by Gasteiger charge is -2.42. The molecule has 3 amide bonds. The number of carbonyl (C=O) groups is 2. The van der Waals surface area contributed by atoms with E-state index in [1.54, 1.807) is 19.5 Å². The molecule has 0 bridgehead atoms. The number of aryl methyl sites for hydroxylation is 1. The number of aromatic nitrogens is 1. The number of hydrogen-bond acceptors (Lipinski definition) is 5. The first kappa shape index (κ1) is 25.2. The first-order valence-corrected chi connectivity index (χ1v) is 12.8. The summed E-state index contributed by atoms with van der Waals surface area (Å²) in [6, 6.07) is 12.0. The number of ether oxygens (including phenoxy) is 1. The van der Waals surface area contributed by atoms with Crippen LogP contribution in [0.2, 0.25) is 0 Å². The van der Waals surface area contributed by atoms with Crippen molar-refractivity contribution in [3.63, 3.8) is 0 Å². The highest BCUT2D eigenvalue weighted by molar-refractivity contribution is 6.07. The van der Waals surface area contributed by atoms with Crippen LogP contribution in [0, 0.1) is 5.92 Å². The molecule has 4 rings (SSSR count). The molecule has 2 aliphatic heterocycles. The number of methoxy groups -OCH3 is 1. The molecule has 2 aromatic rings. The van der Waals surface area contributed by atoms with Crippen LogP contribution in [0.3, 0.4) is 0 Å². The highest BCUT2D eigenvalue weighted by Gasteiger charge is 2.57. The molecule has 1 spiro atoms. The van der Waals surface area contributed by atoms with Crippen LogP contribution >= 0.6 is 0 Å². The minimum absolute atomic E-state index is 0.00187. The fraction of sp³-hybridized carbons (Fsp3) is 0.536. The summed E-state index contributed by atoms with van der Waals surface area (Å²) in [6.45, 7) is 7.83. The maximum absolute atomic E-state index is 13.8. The summed E-state index contributed by atoms with van der Waals surface area (Å²) in [4.78, 5) is 37.1. The van der Waals surface area contributed by atoms with Crippen LogP contribution in [0.15, 0.2) is 48.8 Å². The Labute approximate surface area is 209 Å². The molecule has 1 aromatic heterocycles. The molecule has 0 aliphatic carbocycles. The zero-order valence-corrected chi connectivity index (χ0v) is 21.3. The quantitative estimate of drug-likeness (QED) is 0.475. The molecule has 7 heteroatoms. The van der Waals surface area contributed by atoms with Crippen LogP contribution in [0.4, 0.5) is 4.79 Å². The molecule has 0 unspecified atom stereocenters. The van der Waals surface area contributed by atoms with E-state index in [1.165, 1.54) is 16.0 Å². The van der Waals surface area contributed by atoms with Crippen molar-refractivity contribution >= 4 is 11.9 Å². The van der Waals surface area contributed by atoms with E-state index in [1.807, 2.05) is 29.2 Å². The number of urea groups is 1. The maximum atomic E-state index is 13.8. The highest BCUT2D eigenvalue weighted by atomic mass is 16.5. The number of amides is 3.